The Hall–Kier alpha value is -0.243. The van der Waals surface area contributed by atoms with E-state index in [9.17, 15) is 0 Å². The van der Waals surface area contributed by atoms with Gasteiger partial charge in [-0.3, -0.25) is 0 Å². The predicted octanol–water partition coefficient (Wildman–Crippen LogP) is 4.47. The maximum atomic E-state index is 6.14. The summed E-state index contributed by atoms with van der Waals surface area (Å²) in [6.45, 7) is 9.06. The van der Waals surface area contributed by atoms with Gasteiger partial charge in [-0.15, -0.1) is 0 Å². The van der Waals surface area contributed by atoms with E-state index in [0.29, 0.717) is 0 Å². The van der Waals surface area contributed by atoms with Gasteiger partial charge >= 0.3 is 0 Å². The van der Waals surface area contributed by atoms with E-state index in [1.807, 2.05) is 0 Å². The van der Waals surface area contributed by atoms with Crippen molar-refractivity contribution in [2.24, 2.45) is 0 Å². The van der Waals surface area contributed by atoms with Crippen molar-refractivity contribution in [2.75, 3.05) is 0 Å². The van der Waals surface area contributed by atoms with E-state index >= 15 is 0 Å². The van der Waals surface area contributed by atoms with Crippen LogP contribution in [0.25, 0.3) is 0 Å². The normalized spacial score (nSPS) is 20.3. The van der Waals surface area contributed by atoms with Crippen LogP contribution < -0.4 is 0 Å². The van der Waals surface area contributed by atoms with E-state index < -0.39 is 8.32 Å². The summed E-state index contributed by atoms with van der Waals surface area (Å²) in [6, 6.07) is 0. The highest BCUT2D eigenvalue weighted by molar-refractivity contribution is 6.70. The second-order valence-corrected chi connectivity index (χ2v) is 9.76. The van der Waals surface area contributed by atoms with Crippen molar-refractivity contribution >= 4 is 8.32 Å². The summed E-state index contributed by atoms with van der Waals surface area (Å²) in [6.07, 6.45) is 7.88. The van der Waals surface area contributed by atoms with E-state index in [1.54, 1.807) is 0 Å². The van der Waals surface area contributed by atoms with Gasteiger partial charge in [0.1, 0.15) is 0 Å². The molecule has 0 N–H and O–H groups in total. The van der Waals surface area contributed by atoms with Crippen LogP contribution in [0.3, 0.4) is 0 Å². The Kier molecular flexibility index (Phi) is 4.23. The zero-order chi connectivity index (χ0) is 10.6. The molecule has 1 rings (SSSR count). The quantitative estimate of drug-likeness (QED) is 0.614. The monoisotopic (exact) mass is 212 g/mol. The molecule has 0 unspecified atom stereocenters. The molecule has 0 saturated carbocycles. The predicted molar refractivity (Wildman–Crippen MR) is 64.8 cm³/mol. The first-order valence-corrected chi connectivity index (χ1v) is 9.27. The summed E-state index contributed by atoms with van der Waals surface area (Å²) >= 11 is 0. The Morgan fingerprint density at radius 3 is 2.07 bits per heavy atom. The molecule has 0 spiro atoms. The van der Waals surface area contributed by atoms with E-state index in [0.717, 1.165) is 0 Å². The van der Waals surface area contributed by atoms with Gasteiger partial charge in [0, 0.05) is 6.42 Å². The SMILES string of the molecule is CC1=C(O[Si](C)(C)C)CCCCCC1. The van der Waals surface area contributed by atoms with Crippen LogP contribution in [0.15, 0.2) is 11.3 Å². The molecule has 0 heterocycles. The molecule has 0 fully saturated rings. The molecular weight excluding hydrogens is 188 g/mol. The number of hydrogen-bond donors (Lipinski definition) is 0. The van der Waals surface area contributed by atoms with Crippen molar-refractivity contribution in [3.05, 3.63) is 11.3 Å². The summed E-state index contributed by atoms with van der Waals surface area (Å²) in [5, 5.41) is 0. The summed E-state index contributed by atoms with van der Waals surface area (Å²) in [4.78, 5) is 0. The lowest BCUT2D eigenvalue weighted by atomic mass is 10.00. The third kappa shape index (κ3) is 4.31. The van der Waals surface area contributed by atoms with Crippen molar-refractivity contribution in [3.8, 4) is 0 Å². The lowest BCUT2D eigenvalue weighted by Gasteiger charge is -2.25. The highest BCUT2D eigenvalue weighted by Gasteiger charge is 2.19. The lowest BCUT2D eigenvalue weighted by molar-refractivity contribution is 0.375. The fraction of sp³-hybridized carbons (Fsp3) is 0.833. The van der Waals surface area contributed by atoms with Crippen LogP contribution in [-0.2, 0) is 4.43 Å². The maximum absolute atomic E-state index is 6.14. The molecule has 82 valence electrons. The Morgan fingerprint density at radius 1 is 0.929 bits per heavy atom. The minimum atomic E-state index is -1.38. The zero-order valence-corrected chi connectivity index (χ0v) is 11.2. The van der Waals surface area contributed by atoms with Crippen LogP contribution >= 0.6 is 0 Å². The molecule has 0 amide bonds. The second kappa shape index (κ2) is 5.01. The summed E-state index contributed by atoms with van der Waals surface area (Å²) in [7, 11) is -1.38. The molecule has 1 aliphatic rings. The van der Waals surface area contributed by atoms with Crippen LogP contribution in [0.5, 0.6) is 0 Å². The van der Waals surface area contributed by atoms with Gasteiger partial charge in [-0.05, 0) is 51.4 Å². The fourth-order valence-corrected chi connectivity index (χ4v) is 2.91. The molecular formula is C12H24OSi. The number of hydrogen-bond acceptors (Lipinski definition) is 1. The average molecular weight is 212 g/mol. The Morgan fingerprint density at radius 2 is 1.50 bits per heavy atom. The standard InChI is InChI=1S/C12H24OSi/c1-11-9-7-5-6-8-10-12(11)13-14(2,3)4/h5-10H2,1-4H3. The molecule has 0 radical (unpaired) electrons. The van der Waals surface area contributed by atoms with Crippen LogP contribution in [0.1, 0.15) is 45.4 Å². The van der Waals surface area contributed by atoms with Crippen molar-refractivity contribution in [2.45, 2.75) is 65.1 Å². The second-order valence-electron chi connectivity index (χ2n) is 5.33. The van der Waals surface area contributed by atoms with Gasteiger partial charge in [0.05, 0.1) is 5.76 Å². The van der Waals surface area contributed by atoms with Gasteiger partial charge in [-0.25, -0.2) is 0 Å². The summed E-state index contributed by atoms with van der Waals surface area (Å²) < 4.78 is 6.14. The van der Waals surface area contributed by atoms with Crippen molar-refractivity contribution in [3.63, 3.8) is 0 Å². The van der Waals surface area contributed by atoms with E-state index in [4.69, 9.17) is 4.43 Å². The van der Waals surface area contributed by atoms with Gasteiger partial charge in [0.2, 0.25) is 8.32 Å². The van der Waals surface area contributed by atoms with Gasteiger partial charge in [0.25, 0.3) is 0 Å². The maximum Gasteiger partial charge on any atom is 0.241 e. The summed E-state index contributed by atoms with van der Waals surface area (Å²) in [5.41, 5.74) is 1.51. The largest absolute Gasteiger partial charge is 0.547 e. The van der Waals surface area contributed by atoms with Crippen LogP contribution in [-0.4, -0.2) is 8.32 Å². The van der Waals surface area contributed by atoms with Gasteiger partial charge < -0.3 is 4.43 Å². The highest BCUT2D eigenvalue weighted by atomic mass is 28.4. The van der Waals surface area contributed by atoms with E-state index in [2.05, 4.69) is 26.6 Å². The topological polar surface area (TPSA) is 9.23 Å². The first-order valence-electron chi connectivity index (χ1n) is 5.87. The first-order chi connectivity index (χ1) is 6.49. The fourth-order valence-electron chi connectivity index (χ4n) is 1.89. The molecule has 0 aromatic rings. The number of rotatable bonds is 2. The van der Waals surface area contributed by atoms with Gasteiger partial charge in [0.15, 0.2) is 0 Å². The van der Waals surface area contributed by atoms with Crippen LogP contribution in [0.2, 0.25) is 19.6 Å². The Balaban J connectivity index is 2.65. The minimum absolute atomic E-state index is 1.18. The van der Waals surface area contributed by atoms with Crippen molar-refractivity contribution in [1.82, 2.24) is 0 Å². The minimum Gasteiger partial charge on any atom is -0.547 e. The molecule has 14 heavy (non-hydrogen) atoms. The molecule has 0 aromatic heterocycles. The zero-order valence-electron chi connectivity index (χ0n) is 10.2. The molecule has 0 aliphatic heterocycles. The molecule has 0 bridgehead atoms. The Labute approximate surface area is 89.7 Å². The van der Waals surface area contributed by atoms with E-state index in [-0.39, 0.29) is 0 Å². The first kappa shape index (κ1) is 11.8. The Bertz CT molecular complexity index is 213. The smallest absolute Gasteiger partial charge is 0.241 e. The summed E-state index contributed by atoms with van der Waals surface area (Å²) in [5.74, 6) is 1.32. The highest BCUT2D eigenvalue weighted by Crippen LogP contribution is 2.25. The van der Waals surface area contributed by atoms with Crippen molar-refractivity contribution in [1.29, 1.82) is 0 Å². The van der Waals surface area contributed by atoms with Gasteiger partial charge in [-0.1, -0.05) is 12.8 Å². The molecule has 1 aliphatic carbocycles. The third-order valence-corrected chi connectivity index (χ3v) is 3.47. The number of allylic oxidation sites excluding steroid dienone is 2. The molecule has 0 saturated heterocycles. The van der Waals surface area contributed by atoms with Gasteiger partial charge in [-0.2, -0.15) is 0 Å². The molecule has 0 aromatic carbocycles. The molecule has 0 atom stereocenters. The van der Waals surface area contributed by atoms with E-state index in [1.165, 1.54) is 49.9 Å². The lowest BCUT2D eigenvalue weighted by Crippen LogP contribution is -2.25. The molecule has 1 nitrogen and oxygen atoms in total. The average Bonchev–Trinajstić information content (AvgIpc) is 2.03. The molecule has 2 heteroatoms. The van der Waals surface area contributed by atoms with Crippen molar-refractivity contribution < 1.29 is 4.43 Å². The third-order valence-electron chi connectivity index (χ3n) is 2.61. The van der Waals surface area contributed by atoms with Crippen LogP contribution in [0.4, 0.5) is 0 Å². The van der Waals surface area contributed by atoms with Crippen LogP contribution in [0, 0.1) is 0 Å².